The number of methoxy groups -OCH3 is 1. The molecule has 3 aromatic carbocycles. The zero-order valence-corrected chi connectivity index (χ0v) is 22.9. The summed E-state index contributed by atoms with van der Waals surface area (Å²) < 4.78 is 11.1. The van der Waals surface area contributed by atoms with Crippen LogP contribution in [-0.4, -0.2) is 45.5 Å². The summed E-state index contributed by atoms with van der Waals surface area (Å²) in [7, 11) is 1.32. The number of nitrogens with one attached hydrogen (secondary N) is 1. The van der Waals surface area contributed by atoms with Crippen LogP contribution in [0.2, 0.25) is 5.02 Å². The van der Waals surface area contributed by atoms with Crippen molar-refractivity contribution in [3.05, 3.63) is 95.9 Å². The van der Waals surface area contributed by atoms with E-state index < -0.39 is 44.8 Å². The minimum absolute atomic E-state index is 0.0440. The average molecular weight is 599 g/mol. The Morgan fingerprint density at radius 3 is 2.49 bits per heavy atom. The van der Waals surface area contributed by atoms with Crippen LogP contribution >= 0.6 is 23.4 Å². The molecule has 0 atom stereocenters. The summed E-state index contributed by atoms with van der Waals surface area (Å²) in [5.74, 6) is -1.60. The molecular weight excluding hydrogens is 580 g/mol. The summed E-state index contributed by atoms with van der Waals surface area (Å²) in [5.41, 5.74) is 0.238. The van der Waals surface area contributed by atoms with E-state index in [4.69, 9.17) is 21.1 Å². The number of amides is 3. The molecule has 1 heterocycles. The Morgan fingerprint density at radius 1 is 1.07 bits per heavy atom. The molecule has 0 bridgehead atoms. The molecule has 3 aromatic rings. The van der Waals surface area contributed by atoms with Gasteiger partial charge in [0.05, 0.1) is 27.9 Å². The quantitative estimate of drug-likeness (QED) is 0.176. The Morgan fingerprint density at radius 2 is 1.83 bits per heavy atom. The van der Waals surface area contributed by atoms with Crippen molar-refractivity contribution in [2.24, 2.45) is 0 Å². The van der Waals surface area contributed by atoms with Gasteiger partial charge in [0.2, 0.25) is 11.7 Å². The first-order chi connectivity index (χ1) is 19.5. The number of halogens is 1. The Kier molecular flexibility index (Phi) is 8.54. The molecular formula is C26H19ClN4O9S. The molecule has 0 aromatic heterocycles. The lowest BCUT2D eigenvalue weighted by Gasteiger charge is -2.14. The number of aryl methyl sites for hydroxylation is 1. The number of carbonyl (C=O) groups excluding carboxylic acids is 3. The number of hydrogen-bond donors (Lipinski definition) is 1. The van der Waals surface area contributed by atoms with Gasteiger partial charge in [0.25, 0.3) is 16.8 Å². The van der Waals surface area contributed by atoms with Crippen LogP contribution in [0.1, 0.15) is 11.1 Å². The van der Waals surface area contributed by atoms with Gasteiger partial charge >= 0.3 is 5.69 Å². The van der Waals surface area contributed by atoms with Gasteiger partial charge in [-0.1, -0.05) is 29.8 Å². The highest BCUT2D eigenvalue weighted by Crippen LogP contribution is 2.42. The highest BCUT2D eigenvalue weighted by atomic mass is 35.5. The van der Waals surface area contributed by atoms with E-state index in [1.807, 2.05) is 0 Å². The fraction of sp³-hybridized carbons (Fsp3) is 0.115. The lowest BCUT2D eigenvalue weighted by molar-refractivity contribution is -0.394. The molecule has 1 fully saturated rings. The molecule has 13 nitrogen and oxygen atoms in total. The molecule has 210 valence electrons. The summed E-state index contributed by atoms with van der Waals surface area (Å²) in [6, 6.07) is 12.3. The second-order valence-electron chi connectivity index (χ2n) is 8.43. The Balaban J connectivity index is 1.60. The number of imide groups is 1. The number of para-hydroxylation sites is 1. The van der Waals surface area contributed by atoms with Crippen LogP contribution < -0.4 is 14.8 Å². The van der Waals surface area contributed by atoms with Crippen LogP contribution in [0.5, 0.6) is 17.2 Å². The molecule has 41 heavy (non-hydrogen) atoms. The zero-order chi connectivity index (χ0) is 29.8. The standard InChI is InChI=1S/C26H19ClN4O9S/c1-14-6-7-16(11-18(14)27)28-23(32)13-29-25(33)22(41-26(29)34)10-15-4-3-5-21(39-2)24(15)40-20-9-8-17(30(35)36)12-19(20)31(37)38/h3-12H,13H2,1-2H3,(H,28,32)/b22-10+. The minimum Gasteiger partial charge on any atom is -0.493 e. The van der Waals surface area contributed by atoms with E-state index >= 15 is 0 Å². The second-order valence-corrected chi connectivity index (χ2v) is 9.83. The van der Waals surface area contributed by atoms with Crippen LogP contribution in [0, 0.1) is 27.2 Å². The molecule has 15 heteroatoms. The van der Waals surface area contributed by atoms with Crippen molar-refractivity contribution in [3.8, 4) is 17.2 Å². The third-order valence-corrected chi connectivity index (χ3v) is 7.02. The number of nitrogens with zero attached hydrogens (tertiary/aromatic N) is 3. The molecule has 0 radical (unpaired) electrons. The van der Waals surface area contributed by atoms with Gasteiger partial charge in [-0.2, -0.15) is 0 Å². The molecule has 0 aliphatic carbocycles. The van der Waals surface area contributed by atoms with Crippen LogP contribution in [0.25, 0.3) is 6.08 Å². The van der Waals surface area contributed by atoms with Gasteiger partial charge in [-0.25, -0.2) is 0 Å². The summed E-state index contributed by atoms with van der Waals surface area (Å²) in [6.07, 6.45) is 1.32. The SMILES string of the molecule is COc1cccc(/C=C2/SC(=O)N(CC(=O)Nc3ccc(C)c(Cl)c3)C2=O)c1Oc1ccc([N+](=O)[O-])cc1[N+](=O)[O-]. The Hall–Kier alpha value is -4.95. The molecule has 4 rings (SSSR count). The predicted octanol–water partition coefficient (Wildman–Crippen LogP) is 5.94. The van der Waals surface area contributed by atoms with Crippen LogP contribution in [-0.2, 0) is 9.59 Å². The lowest BCUT2D eigenvalue weighted by atomic mass is 10.1. The van der Waals surface area contributed by atoms with E-state index in [0.717, 1.165) is 28.7 Å². The first kappa shape index (κ1) is 29.0. The fourth-order valence-corrected chi connectivity index (χ4v) is 4.68. The van der Waals surface area contributed by atoms with E-state index in [1.54, 1.807) is 31.2 Å². The largest absolute Gasteiger partial charge is 0.493 e. The number of benzene rings is 3. The number of ether oxygens (including phenoxy) is 2. The van der Waals surface area contributed by atoms with Gasteiger partial charge in [0, 0.05) is 22.3 Å². The maximum absolute atomic E-state index is 13.1. The molecule has 0 spiro atoms. The van der Waals surface area contributed by atoms with Gasteiger partial charge in [-0.05, 0) is 54.6 Å². The lowest BCUT2D eigenvalue weighted by Crippen LogP contribution is -2.36. The van der Waals surface area contributed by atoms with E-state index in [0.29, 0.717) is 22.5 Å². The molecule has 1 aliphatic heterocycles. The normalized spacial score (nSPS) is 13.8. The first-order valence-electron chi connectivity index (χ1n) is 11.6. The van der Waals surface area contributed by atoms with Crippen molar-refractivity contribution in [2.45, 2.75) is 6.92 Å². The van der Waals surface area contributed by atoms with Gasteiger partial charge in [-0.3, -0.25) is 39.5 Å². The smallest absolute Gasteiger partial charge is 0.318 e. The highest BCUT2D eigenvalue weighted by molar-refractivity contribution is 8.18. The molecule has 1 aliphatic rings. The van der Waals surface area contributed by atoms with Crippen LogP contribution in [0.3, 0.4) is 0 Å². The van der Waals surface area contributed by atoms with Crippen molar-refractivity contribution >= 4 is 63.6 Å². The monoisotopic (exact) mass is 598 g/mol. The molecule has 0 unspecified atom stereocenters. The fourth-order valence-electron chi connectivity index (χ4n) is 3.67. The Labute approximate surface area is 241 Å². The number of thioether (sulfide) groups is 1. The number of rotatable bonds is 9. The van der Waals surface area contributed by atoms with E-state index in [2.05, 4.69) is 5.32 Å². The van der Waals surface area contributed by atoms with E-state index in [9.17, 15) is 34.6 Å². The van der Waals surface area contributed by atoms with E-state index in [-0.39, 0.29) is 27.7 Å². The van der Waals surface area contributed by atoms with E-state index in [1.165, 1.54) is 25.3 Å². The number of carbonyl (C=O) groups is 3. The van der Waals surface area contributed by atoms with Crippen LogP contribution in [0.15, 0.2) is 59.5 Å². The summed E-state index contributed by atoms with van der Waals surface area (Å²) in [6.45, 7) is 1.25. The average Bonchev–Trinajstić information content (AvgIpc) is 3.18. The van der Waals surface area contributed by atoms with Crippen molar-refractivity contribution in [1.29, 1.82) is 0 Å². The predicted molar refractivity (Wildman–Crippen MR) is 150 cm³/mol. The number of nitro benzene ring substituents is 2. The van der Waals surface area contributed by atoms with Crippen LogP contribution in [0.4, 0.5) is 21.9 Å². The van der Waals surface area contributed by atoms with Crippen molar-refractivity contribution in [3.63, 3.8) is 0 Å². The van der Waals surface area contributed by atoms with Crippen molar-refractivity contribution < 1.29 is 33.7 Å². The second kappa shape index (κ2) is 12.1. The minimum atomic E-state index is -0.835. The summed E-state index contributed by atoms with van der Waals surface area (Å²) in [4.78, 5) is 60.0. The molecule has 3 amide bonds. The third kappa shape index (κ3) is 6.45. The highest BCUT2D eigenvalue weighted by Gasteiger charge is 2.36. The zero-order valence-electron chi connectivity index (χ0n) is 21.3. The van der Waals surface area contributed by atoms with Gasteiger partial charge in [-0.15, -0.1) is 0 Å². The molecule has 1 saturated heterocycles. The topological polar surface area (TPSA) is 171 Å². The summed E-state index contributed by atoms with van der Waals surface area (Å²) >= 11 is 6.67. The maximum Gasteiger partial charge on any atom is 0.318 e. The third-order valence-electron chi connectivity index (χ3n) is 5.71. The number of hydrogen-bond acceptors (Lipinski definition) is 10. The first-order valence-corrected chi connectivity index (χ1v) is 12.8. The molecule has 1 N–H and O–H groups in total. The maximum atomic E-state index is 13.1. The number of anilines is 1. The van der Waals surface area contributed by atoms with Gasteiger partial charge in [0.1, 0.15) is 6.54 Å². The summed E-state index contributed by atoms with van der Waals surface area (Å²) in [5, 5.41) is 25.0. The Bertz CT molecular complexity index is 1640. The van der Waals surface area contributed by atoms with Crippen molar-refractivity contribution in [1.82, 2.24) is 4.90 Å². The number of non-ortho nitro benzene ring substituents is 1. The van der Waals surface area contributed by atoms with Gasteiger partial charge in [0.15, 0.2) is 11.5 Å². The van der Waals surface area contributed by atoms with Gasteiger partial charge < -0.3 is 14.8 Å². The number of nitro groups is 2. The van der Waals surface area contributed by atoms with Crippen molar-refractivity contribution in [2.75, 3.05) is 19.0 Å². The molecule has 0 saturated carbocycles.